The molecule has 1 N–H and O–H groups in total. The van der Waals surface area contributed by atoms with E-state index in [9.17, 15) is 17.2 Å². The van der Waals surface area contributed by atoms with E-state index in [-0.39, 0.29) is 16.4 Å². The maximum Gasteiger partial charge on any atom is 0.175 e. The van der Waals surface area contributed by atoms with Gasteiger partial charge < -0.3 is 9.94 Å². The van der Waals surface area contributed by atoms with Crippen LogP contribution in [0.4, 0.5) is 8.78 Å². The zero-order valence-corrected chi connectivity index (χ0v) is 16.4. The van der Waals surface area contributed by atoms with Crippen LogP contribution in [0.2, 0.25) is 0 Å². The second-order valence-electron chi connectivity index (χ2n) is 6.37. The van der Waals surface area contributed by atoms with E-state index in [1.165, 1.54) is 18.2 Å². The van der Waals surface area contributed by atoms with Crippen molar-refractivity contribution >= 4 is 15.5 Å². The molecule has 0 aliphatic heterocycles. The van der Waals surface area contributed by atoms with Gasteiger partial charge in [0.15, 0.2) is 21.4 Å². The molecule has 0 atom stereocenters. The summed E-state index contributed by atoms with van der Waals surface area (Å²) in [7, 11) is -3.36. The summed E-state index contributed by atoms with van der Waals surface area (Å²) in [5, 5.41) is 12.2. The summed E-state index contributed by atoms with van der Waals surface area (Å²) >= 11 is 0. The number of oxime groups is 1. The van der Waals surface area contributed by atoms with Crippen molar-refractivity contribution < 1.29 is 27.1 Å². The molecule has 0 aromatic heterocycles. The molecule has 0 saturated heterocycles. The van der Waals surface area contributed by atoms with Gasteiger partial charge in [0, 0.05) is 17.9 Å². The van der Waals surface area contributed by atoms with E-state index in [1.54, 1.807) is 37.3 Å². The highest BCUT2D eigenvalue weighted by Gasteiger charge is 2.14. The maximum absolute atomic E-state index is 14.0. The van der Waals surface area contributed by atoms with Crippen LogP contribution < -0.4 is 4.74 Å². The van der Waals surface area contributed by atoms with Crippen molar-refractivity contribution in [1.29, 1.82) is 0 Å². The fourth-order valence-electron chi connectivity index (χ4n) is 2.69. The smallest absolute Gasteiger partial charge is 0.175 e. The summed E-state index contributed by atoms with van der Waals surface area (Å²) in [5.41, 5.74) is 2.04. The molecule has 150 valence electrons. The number of ether oxygens (including phenoxy) is 1. The minimum atomic E-state index is -3.36. The number of rotatable bonds is 5. The van der Waals surface area contributed by atoms with Gasteiger partial charge in [0.05, 0.1) is 10.6 Å². The quantitative estimate of drug-likeness (QED) is 0.359. The summed E-state index contributed by atoms with van der Waals surface area (Å²) in [6, 6.07) is 13.9. The van der Waals surface area contributed by atoms with Gasteiger partial charge in [-0.3, -0.25) is 0 Å². The SMILES string of the molecule is CC(=NO)c1ccc(Oc2ccc(F)cc2F)c(-c2ccc(S(C)(=O)=O)cc2)c1. The largest absolute Gasteiger partial charge is 0.454 e. The van der Waals surface area contributed by atoms with Crippen LogP contribution in [-0.4, -0.2) is 25.6 Å². The Morgan fingerprint density at radius 1 is 0.966 bits per heavy atom. The van der Waals surface area contributed by atoms with E-state index in [2.05, 4.69) is 5.16 Å². The summed E-state index contributed by atoms with van der Waals surface area (Å²) in [4.78, 5) is 0.151. The van der Waals surface area contributed by atoms with Crippen LogP contribution in [-0.2, 0) is 9.84 Å². The fourth-order valence-corrected chi connectivity index (χ4v) is 3.32. The predicted octanol–water partition coefficient (Wildman–Crippen LogP) is 5.03. The Bertz CT molecular complexity index is 1190. The van der Waals surface area contributed by atoms with Crippen LogP contribution in [0.15, 0.2) is 70.7 Å². The number of hydrogen-bond donors (Lipinski definition) is 1. The van der Waals surface area contributed by atoms with Gasteiger partial charge in [0.2, 0.25) is 0 Å². The Hall–Kier alpha value is -3.26. The molecule has 3 aromatic rings. The first-order valence-electron chi connectivity index (χ1n) is 8.45. The Balaban J connectivity index is 2.11. The summed E-state index contributed by atoms with van der Waals surface area (Å²) in [5.74, 6) is -1.49. The molecule has 3 aromatic carbocycles. The van der Waals surface area contributed by atoms with Crippen molar-refractivity contribution in [2.24, 2.45) is 5.16 Å². The maximum atomic E-state index is 14.0. The summed E-state index contributed by atoms with van der Waals surface area (Å²) in [6.45, 7) is 1.60. The topological polar surface area (TPSA) is 76.0 Å². The second-order valence-corrected chi connectivity index (χ2v) is 8.39. The monoisotopic (exact) mass is 417 g/mol. The zero-order valence-electron chi connectivity index (χ0n) is 15.6. The minimum absolute atomic E-state index is 0.151. The van der Waals surface area contributed by atoms with E-state index in [0.29, 0.717) is 28.5 Å². The molecular formula is C21H17F2NO4S. The fraction of sp³-hybridized carbons (Fsp3) is 0.0952. The van der Waals surface area contributed by atoms with Crippen molar-refractivity contribution in [2.75, 3.05) is 6.26 Å². The summed E-state index contributed by atoms with van der Waals surface area (Å²) < 4.78 is 56.2. The van der Waals surface area contributed by atoms with Gasteiger partial charge in [-0.15, -0.1) is 0 Å². The molecular weight excluding hydrogens is 400 g/mol. The second kappa shape index (κ2) is 8.00. The number of hydrogen-bond acceptors (Lipinski definition) is 5. The Labute approximate surface area is 166 Å². The predicted molar refractivity (Wildman–Crippen MR) is 105 cm³/mol. The lowest BCUT2D eigenvalue weighted by Gasteiger charge is -2.14. The number of sulfone groups is 1. The van der Waals surface area contributed by atoms with Crippen LogP contribution >= 0.6 is 0 Å². The van der Waals surface area contributed by atoms with Gasteiger partial charge in [0.25, 0.3) is 0 Å². The minimum Gasteiger partial charge on any atom is -0.454 e. The van der Waals surface area contributed by atoms with E-state index >= 15 is 0 Å². The highest BCUT2D eigenvalue weighted by molar-refractivity contribution is 7.90. The molecule has 29 heavy (non-hydrogen) atoms. The third-order valence-corrected chi connectivity index (χ3v) is 5.38. The first-order valence-corrected chi connectivity index (χ1v) is 10.3. The van der Waals surface area contributed by atoms with Gasteiger partial charge in [-0.25, -0.2) is 17.2 Å². The highest BCUT2D eigenvalue weighted by atomic mass is 32.2. The van der Waals surface area contributed by atoms with Crippen molar-refractivity contribution in [3.05, 3.63) is 77.9 Å². The molecule has 0 heterocycles. The third-order valence-electron chi connectivity index (χ3n) is 4.25. The molecule has 5 nitrogen and oxygen atoms in total. The molecule has 0 bridgehead atoms. The molecule has 0 amide bonds. The zero-order chi connectivity index (χ0) is 21.2. The van der Waals surface area contributed by atoms with Crippen LogP contribution in [0.1, 0.15) is 12.5 Å². The van der Waals surface area contributed by atoms with E-state index in [4.69, 9.17) is 9.94 Å². The molecule has 8 heteroatoms. The van der Waals surface area contributed by atoms with Gasteiger partial charge in [-0.2, -0.15) is 0 Å². The van der Waals surface area contributed by atoms with E-state index in [1.807, 2.05) is 0 Å². The highest BCUT2D eigenvalue weighted by Crippen LogP contribution is 2.36. The van der Waals surface area contributed by atoms with Gasteiger partial charge in [-0.05, 0) is 60.5 Å². The lowest BCUT2D eigenvalue weighted by Crippen LogP contribution is -1.99. The van der Waals surface area contributed by atoms with E-state index in [0.717, 1.165) is 12.3 Å². The third kappa shape index (κ3) is 4.60. The summed E-state index contributed by atoms with van der Waals surface area (Å²) in [6.07, 6.45) is 1.11. The molecule has 0 aliphatic rings. The first kappa shape index (κ1) is 20.5. The molecule has 0 aliphatic carbocycles. The number of halogens is 2. The Morgan fingerprint density at radius 3 is 2.21 bits per heavy atom. The average Bonchev–Trinajstić information content (AvgIpc) is 2.69. The molecule has 3 rings (SSSR count). The van der Waals surface area contributed by atoms with Crippen molar-refractivity contribution in [1.82, 2.24) is 0 Å². The lowest BCUT2D eigenvalue weighted by atomic mass is 10.00. The molecule has 0 fully saturated rings. The van der Waals surface area contributed by atoms with Gasteiger partial charge in [0.1, 0.15) is 11.6 Å². The number of benzene rings is 3. The normalized spacial score (nSPS) is 12.1. The average molecular weight is 417 g/mol. The Morgan fingerprint density at radius 2 is 1.62 bits per heavy atom. The molecule has 0 unspecified atom stereocenters. The molecule has 0 saturated carbocycles. The van der Waals surface area contributed by atoms with Crippen LogP contribution in [0.3, 0.4) is 0 Å². The Kier molecular flexibility index (Phi) is 5.65. The standard InChI is InChI=1S/C21H17F2NO4S/c1-13(24-25)15-5-9-20(28-21-10-6-16(22)12-19(21)23)18(11-15)14-3-7-17(8-4-14)29(2,26)27/h3-12,25H,1-2H3. The number of nitrogens with zero attached hydrogens (tertiary/aromatic N) is 1. The van der Waals surface area contributed by atoms with Gasteiger partial charge >= 0.3 is 0 Å². The van der Waals surface area contributed by atoms with Crippen LogP contribution in [0, 0.1) is 11.6 Å². The van der Waals surface area contributed by atoms with Crippen LogP contribution in [0.25, 0.3) is 11.1 Å². The van der Waals surface area contributed by atoms with Crippen molar-refractivity contribution in [2.45, 2.75) is 11.8 Å². The van der Waals surface area contributed by atoms with Crippen molar-refractivity contribution in [3.8, 4) is 22.6 Å². The van der Waals surface area contributed by atoms with Gasteiger partial charge in [-0.1, -0.05) is 17.3 Å². The lowest BCUT2D eigenvalue weighted by molar-refractivity contribution is 0.319. The first-order chi connectivity index (χ1) is 13.7. The molecule has 0 radical (unpaired) electrons. The van der Waals surface area contributed by atoms with E-state index < -0.39 is 21.5 Å². The van der Waals surface area contributed by atoms with Crippen molar-refractivity contribution in [3.63, 3.8) is 0 Å². The molecule has 0 spiro atoms. The van der Waals surface area contributed by atoms with Crippen LogP contribution in [0.5, 0.6) is 11.5 Å².